The van der Waals surface area contributed by atoms with E-state index in [4.69, 9.17) is 0 Å². The molecule has 1 aromatic rings. The molecule has 0 N–H and O–H groups in total. The lowest BCUT2D eigenvalue weighted by Gasteiger charge is -2.26. The number of aryl methyl sites for hydroxylation is 1. The van der Waals surface area contributed by atoms with E-state index in [1.807, 2.05) is 13.0 Å². The minimum atomic E-state index is -0.0152. The first-order valence-corrected chi connectivity index (χ1v) is 6.49. The Morgan fingerprint density at radius 2 is 1.88 bits per heavy atom. The van der Waals surface area contributed by atoms with Crippen LogP contribution >= 0.6 is 0 Å². The third kappa shape index (κ3) is 2.45. The van der Waals surface area contributed by atoms with Gasteiger partial charge in [-0.25, -0.2) is 4.39 Å². The first-order chi connectivity index (χ1) is 7.70. The highest BCUT2D eigenvalue weighted by molar-refractivity contribution is 5.27. The Bertz CT molecular complexity index is 348. The Labute approximate surface area is 97.9 Å². The molecule has 0 spiro atoms. The molecule has 1 aromatic carbocycles. The molecule has 1 heteroatoms. The van der Waals surface area contributed by atoms with E-state index in [1.54, 1.807) is 6.07 Å². The Morgan fingerprint density at radius 1 is 1.19 bits per heavy atom. The quantitative estimate of drug-likeness (QED) is 0.678. The molecule has 0 atom stereocenters. The first-order valence-electron chi connectivity index (χ1n) is 6.49. The molecule has 0 bridgehead atoms. The fourth-order valence-electron chi connectivity index (χ4n) is 2.70. The first kappa shape index (κ1) is 11.6. The molecular formula is C15H21F. The van der Waals surface area contributed by atoms with Crippen molar-refractivity contribution in [2.45, 2.75) is 51.9 Å². The van der Waals surface area contributed by atoms with E-state index < -0.39 is 0 Å². The zero-order valence-corrected chi connectivity index (χ0v) is 10.3. The summed E-state index contributed by atoms with van der Waals surface area (Å²) in [6, 6.07) is 5.85. The minimum absolute atomic E-state index is 0.0152. The highest BCUT2D eigenvalue weighted by atomic mass is 19.1. The predicted molar refractivity (Wildman–Crippen MR) is 66.2 cm³/mol. The highest BCUT2D eigenvalue weighted by Crippen LogP contribution is 2.35. The van der Waals surface area contributed by atoms with Gasteiger partial charge < -0.3 is 0 Å². The number of hydrogen-bond donors (Lipinski definition) is 0. The summed E-state index contributed by atoms with van der Waals surface area (Å²) in [4.78, 5) is 0. The van der Waals surface area contributed by atoms with Crippen molar-refractivity contribution in [3.63, 3.8) is 0 Å². The van der Waals surface area contributed by atoms with Crippen LogP contribution in [0.4, 0.5) is 4.39 Å². The van der Waals surface area contributed by atoms with Crippen molar-refractivity contribution < 1.29 is 4.39 Å². The van der Waals surface area contributed by atoms with E-state index >= 15 is 0 Å². The van der Waals surface area contributed by atoms with Crippen LogP contribution in [0.5, 0.6) is 0 Å². The summed E-state index contributed by atoms with van der Waals surface area (Å²) in [5.74, 6) is 1.44. The van der Waals surface area contributed by atoms with Gasteiger partial charge in [0, 0.05) is 0 Å². The molecule has 0 aromatic heterocycles. The summed E-state index contributed by atoms with van der Waals surface area (Å²) in [6.45, 7) is 4.32. The molecule has 1 aliphatic rings. The summed E-state index contributed by atoms with van der Waals surface area (Å²) in [6.07, 6.45) is 5.83. The Hall–Kier alpha value is -0.850. The van der Waals surface area contributed by atoms with Crippen molar-refractivity contribution in [2.24, 2.45) is 5.92 Å². The highest BCUT2D eigenvalue weighted by Gasteiger charge is 2.20. The largest absolute Gasteiger partial charge is 0.207 e. The van der Waals surface area contributed by atoms with Crippen molar-refractivity contribution in [2.75, 3.05) is 0 Å². The standard InChI is InChI=1S/C15H21F/c1-3-12-8-9-14(10-15(12)16)13-6-4-11(2)5-7-13/h8-11,13H,3-7H2,1-2H3. The lowest BCUT2D eigenvalue weighted by Crippen LogP contribution is -2.11. The van der Waals surface area contributed by atoms with Gasteiger partial charge in [-0.2, -0.15) is 0 Å². The van der Waals surface area contributed by atoms with Crippen LogP contribution in [0.15, 0.2) is 18.2 Å². The van der Waals surface area contributed by atoms with Crippen LogP contribution < -0.4 is 0 Å². The summed E-state index contributed by atoms with van der Waals surface area (Å²) >= 11 is 0. The van der Waals surface area contributed by atoms with E-state index in [0.29, 0.717) is 5.92 Å². The van der Waals surface area contributed by atoms with Crippen molar-refractivity contribution in [3.8, 4) is 0 Å². The molecule has 0 nitrogen and oxygen atoms in total. The van der Waals surface area contributed by atoms with Gasteiger partial charge in [-0.1, -0.05) is 38.8 Å². The van der Waals surface area contributed by atoms with Crippen LogP contribution in [-0.4, -0.2) is 0 Å². The van der Waals surface area contributed by atoms with Gasteiger partial charge in [0.05, 0.1) is 0 Å². The number of halogens is 1. The molecule has 88 valence electrons. The van der Waals surface area contributed by atoms with Gasteiger partial charge in [-0.3, -0.25) is 0 Å². The van der Waals surface area contributed by atoms with Gasteiger partial charge in [-0.15, -0.1) is 0 Å². The second-order valence-corrected chi connectivity index (χ2v) is 5.16. The minimum Gasteiger partial charge on any atom is -0.207 e. The van der Waals surface area contributed by atoms with Gasteiger partial charge in [0.25, 0.3) is 0 Å². The second kappa shape index (κ2) is 4.99. The molecule has 0 amide bonds. The van der Waals surface area contributed by atoms with Crippen LogP contribution in [0, 0.1) is 11.7 Å². The van der Waals surface area contributed by atoms with Gasteiger partial charge in [-0.05, 0) is 48.3 Å². The van der Waals surface area contributed by atoms with E-state index in [1.165, 1.54) is 31.2 Å². The Morgan fingerprint density at radius 3 is 2.44 bits per heavy atom. The molecule has 0 heterocycles. The van der Waals surface area contributed by atoms with Gasteiger partial charge in [0.1, 0.15) is 5.82 Å². The molecule has 0 saturated heterocycles. The summed E-state index contributed by atoms with van der Waals surface area (Å²) < 4.78 is 13.7. The van der Waals surface area contributed by atoms with E-state index in [9.17, 15) is 4.39 Å². The average Bonchev–Trinajstić information content (AvgIpc) is 2.30. The summed E-state index contributed by atoms with van der Waals surface area (Å²) in [5, 5.41) is 0. The van der Waals surface area contributed by atoms with Crippen LogP contribution in [0.25, 0.3) is 0 Å². The number of benzene rings is 1. The zero-order chi connectivity index (χ0) is 11.5. The SMILES string of the molecule is CCc1ccc(C2CCC(C)CC2)cc1F. The zero-order valence-electron chi connectivity index (χ0n) is 10.3. The lowest BCUT2D eigenvalue weighted by atomic mass is 9.79. The Kier molecular flexibility index (Phi) is 3.63. The van der Waals surface area contributed by atoms with E-state index in [0.717, 1.165) is 17.9 Å². The van der Waals surface area contributed by atoms with Gasteiger partial charge in [0.15, 0.2) is 0 Å². The molecule has 1 saturated carbocycles. The van der Waals surface area contributed by atoms with Crippen molar-refractivity contribution in [1.29, 1.82) is 0 Å². The van der Waals surface area contributed by atoms with Gasteiger partial charge in [0.2, 0.25) is 0 Å². The Balaban J connectivity index is 2.12. The summed E-state index contributed by atoms with van der Waals surface area (Å²) in [7, 11) is 0. The second-order valence-electron chi connectivity index (χ2n) is 5.16. The third-order valence-electron chi connectivity index (χ3n) is 3.95. The normalized spacial score (nSPS) is 25.7. The number of rotatable bonds is 2. The maximum atomic E-state index is 13.7. The van der Waals surface area contributed by atoms with Crippen molar-refractivity contribution >= 4 is 0 Å². The third-order valence-corrected chi connectivity index (χ3v) is 3.95. The fraction of sp³-hybridized carbons (Fsp3) is 0.600. The fourth-order valence-corrected chi connectivity index (χ4v) is 2.70. The molecule has 0 radical (unpaired) electrons. The van der Waals surface area contributed by atoms with Gasteiger partial charge >= 0.3 is 0 Å². The van der Waals surface area contributed by atoms with E-state index in [-0.39, 0.29) is 5.82 Å². The van der Waals surface area contributed by atoms with Crippen LogP contribution in [-0.2, 0) is 6.42 Å². The maximum absolute atomic E-state index is 13.7. The van der Waals surface area contributed by atoms with E-state index in [2.05, 4.69) is 13.0 Å². The smallest absolute Gasteiger partial charge is 0.126 e. The molecule has 1 fully saturated rings. The van der Waals surface area contributed by atoms with Crippen molar-refractivity contribution in [3.05, 3.63) is 35.1 Å². The maximum Gasteiger partial charge on any atom is 0.126 e. The monoisotopic (exact) mass is 220 g/mol. The van der Waals surface area contributed by atoms with Crippen LogP contribution in [0.2, 0.25) is 0 Å². The number of hydrogen-bond acceptors (Lipinski definition) is 0. The molecule has 16 heavy (non-hydrogen) atoms. The molecular weight excluding hydrogens is 199 g/mol. The molecule has 0 unspecified atom stereocenters. The average molecular weight is 220 g/mol. The predicted octanol–water partition coefficient (Wildman–Crippen LogP) is 4.68. The van der Waals surface area contributed by atoms with Crippen LogP contribution in [0.3, 0.4) is 0 Å². The summed E-state index contributed by atoms with van der Waals surface area (Å²) in [5.41, 5.74) is 2.05. The molecule has 0 aliphatic heterocycles. The lowest BCUT2D eigenvalue weighted by molar-refractivity contribution is 0.347. The molecule has 1 aliphatic carbocycles. The van der Waals surface area contributed by atoms with Crippen molar-refractivity contribution in [1.82, 2.24) is 0 Å². The topological polar surface area (TPSA) is 0 Å². The molecule has 2 rings (SSSR count). The van der Waals surface area contributed by atoms with Crippen LogP contribution in [0.1, 0.15) is 56.6 Å².